The van der Waals surface area contributed by atoms with Crippen molar-refractivity contribution < 1.29 is 4.39 Å². The topological polar surface area (TPSA) is 15.3 Å². The Morgan fingerprint density at radius 3 is 2.79 bits per heavy atom. The molecule has 1 saturated heterocycles. The first kappa shape index (κ1) is 14.8. The van der Waals surface area contributed by atoms with Crippen LogP contribution in [0.25, 0.3) is 0 Å². The molecular weight excluding hydrogens is 263 g/mol. The maximum absolute atomic E-state index is 13.7. The van der Waals surface area contributed by atoms with E-state index >= 15 is 0 Å². The summed E-state index contributed by atoms with van der Waals surface area (Å²) in [7, 11) is 1.97. The first-order chi connectivity index (χ1) is 9.04. The van der Waals surface area contributed by atoms with Crippen LogP contribution in [0.5, 0.6) is 0 Å². The third-order valence-corrected chi connectivity index (χ3v) is 4.28. The molecule has 0 bridgehead atoms. The predicted molar refractivity (Wildman–Crippen MR) is 78.0 cm³/mol. The Hall–Kier alpha value is -0.640. The summed E-state index contributed by atoms with van der Waals surface area (Å²) in [6.07, 6.45) is 1.15. The van der Waals surface area contributed by atoms with E-state index in [0.717, 1.165) is 25.1 Å². The number of hydrogen-bond acceptors (Lipinski definition) is 2. The Labute approximate surface area is 119 Å². The number of nitrogens with zero attached hydrogens (tertiary/aromatic N) is 1. The molecule has 0 aromatic heterocycles. The van der Waals surface area contributed by atoms with Crippen LogP contribution in [0.2, 0.25) is 5.02 Å². The van der Waals surface area contributed by atoms with Gasteiger partial charge in [-0.15, -0.1) is 0 Å². The van der Waals surface area contributed by atoms with Crippen molar-refractivity contribution in [1.82, 2.24) is 10.2 Å². The minimum absolute atomic E-state index is 0.197. The van der Waals surface area contributed by atoms with Gasteiger partial charge in [-0.3, -0.25) is 4.90 Å². The Kier molecular flexibility index (Phi) is 4.82. The van der Waals surface area contributed by atoms with E-state index in [-0.39, 0.29) is 16.9 Å². The number of halogens is 2. The Morgan fingerprint density at radius 2 is 2.21 bits per heavy atom. The second-order valence-corrected chi connectivity index (χ2v) is 5.96. The minimum Gasteiger partial charge on any atom is -0.319 e. The zero-order chi connectivity index (χ0) is 14.0. The summed E-state index contributed by atoms with van der Waals surface area (Å²) in [5.74, 6) is 0.200. The number of nitrogens with one attached hydrogen (secondary N) is 1. The summed E-state index contributed by atoms with van der Waals surface area (Å²) in [6.45, 7) is 6.42. The second kappa shape index (κ2) is 6.21. The average Bonchev–Trinajstić information content (AvgIpc) is 2.77. The first-order valence-corrected chi connectivity index (χ1v) is 7.27. The van der Waals surface area contributed by atoms with Crippen LogP contribution in [0.4, 0.5) is 4.39 Å². The summed E-state index contributed by atoms with van der Waals surface area (Å²) in [6, 6.07) is 5.96. The second-order valence-electron chi connectivity index (χ2n) is 5.56. The fraction of sp³-hybridized carbons (Fsp3) is 0.600. The molecule has 106 valence electrons. The van der Waals surface area contributed by atoms with Gasteiger partial charge in [0.1, 0.15) is 5.82 Å². The number of hydrogen-bond donors (Lipinski definition) is 1. The molecule has 0 radical (unpaired) electrons. The highest BCUT2D eigenvalue weighted by Crippen LogP contribution is 2.39. The van der Waals surface area contributed by atoms with Crippen molar-refractivity contribution in [3.63, 3.8) is 0 Å². The van der Waals surface area contributed by atoms with Crippen LogP contribution in [0.1, 0.15) is 31.9 Å². The van der Waals surface area contributed by atoms with Gasteiger partial charge in [-0.25, -0.2) is 4.39 Å². The van der Waals surface area contributed by atoms with E-state index in [1.165, 1.54) is 0 Å². The zero-order valence-electron chi connectivity index (χ0n) is 11.8. The van der Waals surface area contributed by atoms with Crippen LogP contribution in [-0.2, 0) is 0 Å². The van der Waals surface area contributed by atoms with Crippen molar-refractivity contribution in [3.8, 4) is 0 Å². The van der Waals surface area contributed by atoms with E-state index in [2.05, 4.69) is 24.1 Å². The van der Waals surface area contributed by atoms with Crippen LogP contribution in [0, 0.1) is 11.7 Å². The lowest BCUT2D eigenvalue weighted by atomic mass is 9.93. The smallest absolute Gasteiger partial charge is 0.142 e. The molecule has 1 fully saturated rings. The molecule has 1 heterocycles. The largest absolute Gasteiger partial charge is 0.319 e. The molecule has 0 aliphatic carbocycles. The van der Waals surface area contributed by atoms with E-state index in [1.807, 2.05) is 13.1 Å². The molecule has 1 aliphatic heterocycles. The molecule has 4 heteroatoms. The van der Waals surface area contributed by atoms with Gasteiger partial charge in [0, 0.05) is 12.1 Å². The van der Waals surface area contributed by atoms with Gasteiger partial charge >= 0.3 is 0 Å². The van der Waals surface area contributed by atoms with Crippen molar-refractivity contribution in [1.29, 1.82) is 0 Å². The van der Waals surface area contributed by atoms with Gasteiger partial charge in [-0.1, -0.05) is 17.7 Å². The molecule has 1 aromatic rings. The van der Waals surface area contributed by atoms with Gasteiger partial charge in [0.2, 0.25) is 0 Å². The molecule has 19 heavy (non-hydrogen) atoms. The average molecular weight is 285 g/mol. The van der Waals surface area contributed by atoms with Gasteiger partial charge in [0.15, 0.2) is 0 Å². The summed E-state index contributed by atoms with van der Waals surface area (Å²) in [4.78, 5) is 2.45. The number of likely N-dealkylation sites (tertiary alicyclic amines) is 1. The first-order valence-electron chi connectivity index (χ1n) is 6.90. The van der Waals surface area contributed by atoms with E-state index in [1.54, 1.807) is 12.1 Å². The molecule has 1 N–H and O–H groups in total. The lowest BCUT2D eigenvalue weighted by molar-refractivity contribution is 0.182. The molecule has 0 spiro atoms. The van der Waals surface area contributed by atoms with Crippen molar-refractivity contribution >= 4 is 11.6 Å². The molecule has 1 aromatic carbocycles. The summed E-state index contributed by atoms with van der Waals surface area (Å²) < 4.78 is 13.7. The van der Waals surface area contributed by atoms with Crippen LogP contribution < -0.4 is 5.32 Å². The highest BCUT2D eigenvalue weighted by atomic mass is 35.5. The van der Waals surface area contributed by atoms with Gasteiger partial charge < -0.3 is 5.32 Å². The maximum Gasteiger partial charge on any atom is 0.142 e. The lowest BCUT2D eigenvalue weighted by Gasteiger charge is -2.31. The van der Waals surface area contributed by atoms with Crippen molar-refractivity contribution in [2.24, 2.45) is 5.92 Å². The third kappa shape index (κ3) is 3.10. The molecule has 2 nitrogen and oxygen atoms in total. The Morgan fingerprint density at radius 1 is 1.47 bits per heavy atom. The SMILES string of the molecule is CNCC1CCN(C(C)C)C1c1ccc(Cl)c(F)c1. The highest BCUT2D eigenvalue weighted by Gasteiger charge is 2.36. The molecular formula is C15H22ClFN2. The predicted octanol–water partition coefficient (Wildman–Crippen LogP) is 3.47. The lowest BCUT2D eigenvalue weighted by Crippen LogP contribution is -2.33. The number of rotatable bonds is 4. The van der Waals surface area contributed by atoms with E-state index in [9.17, 15) is 4.39 Å². The number of benzene rings is 1. The van der Waals surface area contributed by atoms with E-state index in [4.69, 9.17) is 11.6 Å². The molecule has 2 unspecified atom stereocenters. The highest BCUT2D eigenvalue weighted by molar-refractivity contribution is 6.30. The van der Waals surface area contributed by atoms with E-state index in [0.29, 0.717) is 12.0 Å². The van der Waals surface area contributed by atoms with Crippen molar-refractivity contribution in [3.05, 3.63) is 34.6 Å². The summed E-state index contributed by atoms with van der Waals surface area (Å²) in [5.41, 5.74) is 1.04. The van der Waals surface area contributed by atoms with Crippen molar-refractivity contribution in [2.45, 2.75) is 32.4 Å². The Bertz CT molecular complexity index is 436. The molecule has 1 aliphatic rings. The zero-order valence-corrected chi connectivity index (χ0v) is 12.5. The van der Waals surface area contributed by atoms with E-state index < -0.39 is 0 Å². The third-order valence-electron chi connectivity index (χ3n) is 3.98. The molecule has 0 saturated carbocycles. The maximum atomic E-state index is 13.7. The van der Waals surface area contributed by atoms with Crippen LogP contribution in [-0.4, -0.2) is 31.1 Å². The fourth-order valence-electron chi connectivity index (χ4n) is 3.10. The van der Waals surface area contributed by atoms with Gasteiger partial charge in [-0.2, -0.15) is 0 Å². The van der Waals surface area contributed by atoms with Crippen LogP contribution in [0.15, 0.2) is 18.2 Å². The van der Waals surface area contributed by atoms with Gasteiger partial charge in [0.25, 0.3) is 0 Å². The fourth-order valence-corrected chi connectivity index (χ4v) is 3.22. The normalized spacial score (nSPS) is 24.3. The minimum atomic E-state index is -0.321. The van der Waals surface area contributed by atoms with Crippen LogP contribution in [0.3, 0.4) is 0 Å². The van der Waals surface area contributed by atoms with Crippen molar-refractivity contribution in [2.75, 3.05) is 20.1 Å². The van der Waals surface area contributed by atoms with Crippen LogP contribution >= 0.6 is 11.6 Å². The molecule has 0 amide bonds. The standard InChI is InChI=1S/C15H22ClFN2/c1-10(2)19-7-6-12(9-18-3)15(19)11-4-5-13(16)14(17)8-11/h4-5,8,10,12,15,18H,6-7,9H2,1-3H3. The summed E-state index contributed by atoms with van der Waals surface area (Å²) in [5, 5.41) is 3.45. The Balaban J connectivity index is 2.31. The summed E-state index contributed by atoms with van der Waals surface area (Å²) >= 11 is 5.78. The van der Waals surface area contributed by atoms with Gasteiger partial charge in [0.05, 0.1) is 5.02 Å². The van der Waals surface area contributed by atoms with Gasteiger partial charge in [-0.05, 0) is 64.0 Å². The quantitative estimate of drug-likeness (QED) is 0.911. The monoisotopic (exact) mass is 284 g/mol. The molecule has 2 atom stereocenters. The molecule has 2 rings (SSSR count).